The maximum absolute atomic E-state index is 6.24. The first-order valence-corrected chi connectivity index (χ1v) is 7.74. The topological polar surface area (TPSA) is 38.0 Å². The summed E-state index contributed by atoms with van der Waals surface area (Å²) in [6.45, 7) is 2.46. The summed E-state index contributed by atoms with van der Waals surface area (Å²) in [6, 6.07) is 11.4. The van der Waals surface area contributed by atoms with Crippen LogP contribution in [0.25, 0.3) is 0 Å². The van der Waals surface area contributed by atoms with Crippen molar-refractivity contribution < 1.29 is 0 Å². The minimum atomic E-state index is -0.0979. The van der Waals surface area contributed by atoms with E-state index in [0.29, 0.717) is 16.6 Å². The summed E-state index contributed by atoms with van der Waals surface area (Å²) in [5.41, 5.74) is 8.93. The van der Waals surface area contributed by atoms with Crippen molar-refractivity contribution in [2.45, 2.75) is 13.0 Å². The highest BCUT2D eigenvalue weighted by atomic mass is 79.9. The molecule has 106 valence electrons. The van der Waals surface area contributed by atoms with Gasteiger partial charge in [0.2, 0.25) is 0 Å². The molecule has 2 rings (SSSR count). The van der Waals surface area contributed by atoms with Crippen molar-refractivity contribution in [3.8, 4) is 0 Å². The van der Waals surface area contributed by atoms with Crippen LogP contribution in [0.2, 0.25) is 10.0 Å². The van der Waals surface area contributed by atoms with E-state index in [9.17, 15) is 0 Å². The van der Waals surface area contributed by atoms with Gasteiger partial charge in [-0.05, 0) is 64.3 Å². The summed E-state index contributed by atoms with van der Waals surface area (Å²) in [4.78, 5) is 0. The zero-order chi connectivity index (χ0) is 14.7. The molecule has 0 bridgehead atoms. The fourth-order valence-corrected chi connectivity index (χ4v) is 2.77. The number of halogens is 3. The van der Waals surface area contributed by atoms with Crippen LogP contribution in [0.15, 0.2) is 40.9 Å². The van der Waals surface area contributed by atoms with Gasteiger partial charge in [-0.1, -0.05) is 29.3 Å². The van der Waals surface area contributed by atoms with Crippen molar-refractivity contribution in [1.29, 1.82) is 0 Å². The van der Waals surface area contributed by atoms with Crippen LogP contribution in [0.5, 0.6) is 0 Å². The minimum Gasteiger partial charge on any atom is -0.376 e. The molecule has 0 amide bonds. The highest BCUT2D eigenvalue weighted by Gasteiger charge is 2.15. The van der Waals surface area contributed by atoms with E-state index in [1.807, 2.05) is 25.1 Å². The Labute approximate surface area is 137 Å². The van der Waals surface area contributed by atoms with Crippen LogP contribution in [-0.4, -0.2) is 6.54 Å². The molecule has 20 heavy (non-hydrogen) atoms. The van der Waals surface area contributed by atoms with Crippen LogP contribution >= 0.6 is 39.1 Å². The molecular weight excluding hydrogens is 359 g/mol. The van der Waals surface area contributed by atoms with E-state index >= 15 is 0 Å². The van der Waals surface area contributed by atoms with Gasteiger partial charge >= 0.3 is 0 Å². The Morgan fingerprint density at radius 3 is 2.65 bits per heavy atom. The van der Waals surface area contributed by atoms with E-state index in [4.69, 9.17) is 28.9 Å². The smallest absolute Gasteiger partial charge is 0.0651 e. The van der Waals surface area contributed by atoms with Gasteiger partial charge in [-0.2, -0.15) is 0 Å². The third kappa shape index (κ3) is 3.67. The molecule has 0 spiro atoms. The largest absolute Gasteiger partial charge is 0.376 e. The number of nitrogens with one attached hydrogen (secondary N) is 1. The highest BCUT2D eigenvalue weighted by molar-refractivity contribution is 9.10. The second kappa shape index (κ2) is 6.81. The van der Waals surface area contributed by atoms with E-state index < -0.39 is 0 Å². The molecule has 2 nitrogen and oxygen atoms in total. The van der Waals surface area contributed by atoms with E-state index in [2.05, 4.69) is 27.3 Å². The first kappa shape index (κ1) is 15.6. The third-order valence-corrected chi connectivity index (χ3v) is 4.29. The Hall–Kier alpha value is -0.740. The second-order valence-corrected chi connectivity index (χ2v) is 6.28. The number of aryl methyl sites for hydroxylation is 1. The van der Waals surface area contributed by atoms with Crippen molar-refractivity contribution in [2.24, 2.45) is 5.73 Å². The number of anilines is 1. The standard InChI is InChI=1S/C15H15BrCl2N2/c1-9-2-4-12(16)14(6-9)20-15(8-19)11-7-10(17)3-5-13(11)18/h2-7,15,20H,8,19H2,1H3. The van der Waals surface area contributed by atoms with Gasteiger partial charge in [-0.3, -0.25) is 0 Å². The molecule has 0 saturated heterocycles. The predicted octanol–water partition coefficient (Wildman–Crippen LogP) is 5.18. The summed E-state index contributed by atoms with van der Waals surface area (Å²) >= 11 is 15.8. The SMILES string of the molecule is Cc1ccc(Br)c(NC(CN)c2cc(Cl)ccc2Cl)c1. The van der Waals surface area contributed by atoms with Gasteiger partial charge in [0, 0.05) is 26.8 Å². The van der Waals surface area contributed by atoms with Crippen LogP contribution in [-0.2, 0) is 0 Å². The maximum atomic E-state index is 6.24. The minimum absolute atomic E-state index is 0.0979. The molecule has 0 aromatic heterocycles. The number of hydrogen-bond acceptors (Lipinski definition) is 2. The van der Waals surface area contributed by atoms with Gasteiger partial charge in [0.05, 0.1) is 6.04 Å². The quantitative estimate of drug-likeness (QED) is 0.775. The summed E-state index contributed by atoms with van der Waals surface area (Å²) in [6.07, 6.45) is 0. The summed E-state index contributed by atoms with van der Waals surface area (Å²) in [5, 5.41) is 4.71. The number of benzene rings is 2. The first-order valence-electron chi connectivity index (χ1n) is 6.19. The lowest BCUT2D eigenvalue weighted by Gasteiger charge is -2.21. The Morgan fingerprint density at radius 1 is 1.20 bits per heavy atom. The molecule has 0 aliphatic heterocycles. The third-order valence-electron chi connectivity index (χ3n) is 3.02. The van der Waals surface area contributed by atoms with E-state index in [1.165, 1.54) is 5.56 Å². The molecule has 1 unspecified atom stereocenters. The zero-order valence-corrected chi connectivity index (χ0v) is 14.1. The summed E-state index contributed by atoms with van der Waals surface area (Å²) < 4.78 is 0.986. The average Bonchev–Trinajstić information content (AvgIpc) is 2.42. The lowest BCUT2D eigenvalue weighted by atomic mass is 10.1. The van der Waals surface area contributed by atoms with Gasteiger partial charge in [-0.15, -0.1) is 0 Å². The lowest BCUT2D eigenvalue weighted by molar-refractivity contribution is 0.789. The molecule has 0 heterocycles. The predicted molar refractivity (Wildman–Crippen MR) is 90.8 cm³/mol. The number of nitrogens with two attached hydrogens (primary N) is 1. The lowest BCUT2D eigenvalue weighted by Crippen LogP contribution is -2.21. The van der Waals surface area contributed by atoms with Crippen LogP contribution in [0, 0.1) is 6.92 Å². The van der Waals surface area contributed by atoms with Gasteiger partial charge in [0.1, 0.15) is 0 Å². The second-order valence-electron chi connectivity index (χ2n) is 4.58. The normalized spacial score (nSPS) is 12.2. The number of rotatable bonds is 4. The van der Waals surface area contributed by atoms with Crippen LogP contribution in [0.3, 0.4) is 0 Å². The Kier molecular flexibility index (Phi) is 5.33. The summed E-state index contributed by atoms with van der Waals surface area (Å²) in [5.74, 6) is 0. The maximum Gasteiger partial charge on any atom is 0.0651 e. The molecule has 0 saturated carbocycles. The van der Waals surface area contributed by atoms with E-state index in [-0.39, 0.29) is 6.04 Å². The van der Waals surface area contributed by atoms with Gasteiger partial charge in [0.25, 0.3) is 0 Å². The molecule has 3 N–H and O–H groups in total. The van der Waals surface area contributed by atoms with Crippen LogP contribution < -0.4 is 11.1 Å². The molecule has 1 atom stereocenters. The van der Waals surface area contributed by atoms with E-state index in [0.717, 1.165) is 15.7 Å². The van der Waals surface area contributed by atoms with Crippen LogP contribution in [0.4, 0.5) is 5.69 Å². The fraction of sp³-hybridized carbons (Fsp3) is 0.200. The van der Waals surface area contributed by atoms with Crippen molar-refractivity contribution in [3.05, 3.63) is 62.0 Å². The van der Waals surface area contributed by atoms with E-state index in [1.54, 1.807) is 12.1 Å². The average molecular weight is 374 g/mol. The molecule has 0 aliphatic carbocycles. The van der Waals surface area contributed by atoms with Gasteiger partial charge in [-0.25, -0.2) is 0 Å². The molecule has 0 aliphatic rings. The van der Waals surface area contributed by atoms with Crippen molar-refractivity contribution in [1.82, 2.24) is 0 Å². The molecule has 5 heteroatoms. The Morgan fingerprint density at radius 2 is 1.95 bits per heavy atom. The van der Waals surface area contributed by atoms with Crippen molar-refractivity contribution >= 4 is 44.8 Å². The monoisotopic (exact) mass is 372 g/mol. The van der Waals surface area contributed by atoms with Crippen LogP contribution in [0.1, 0.15) is 17.2 Å². The zero-order valence-electron chi connectivity index (χ0n) is 11.0. The Balaban J connectivity index is 2.33. The van der Waals surface area contributed by atoms with Gasteiger partial charge in [0.15, 0.2) is 0 Å². The molecule has 0 radical (unpaired) electrons. The first-order chi connectivity index (χ1) is 9.51. The molecular formula is C15H15BrCl2N2. The fourth-order valence-electron chi connectivity index (χ4n) is 1.98. The molecule has 2 aromatic carbocycles. The van der Waals surface area contributed by atoms with Crippen molar-refractivity contribution in [2.75, 3.05) is 11.9 Å². The molecule has 2 aromatic rings. The highest BCUT2D eigenvalue weighted by Crippen LogP contribution is 2.31. The van der Waals surface area contributed by atoms with Crippen molar-refractivity contribution in [3.63, 3.8) is 0 Å². The Bertz CT molecular complexity index is 617. The number of hydrogen-bond donors (Lipinski definition) is 2. The molecule has 0 fully saturated rings. The van der Waals surface area contributed by atoms with Gasteiger partial charge < -0.3 is 11.1 Å². The summed E-state index contributed by atoms with van der Waals surface area (Å²) in [7, 11) is 0.